The number of halogens is 1. The molecule has 1 aromatic rings. The lowest BCUT2D eigenvalue weighted by atomic mass is 10.1. The van der Waals surface area contributed by atoms with E-state index in [4.69, 9.17) is 9.47 Å². The molecule has 1 aliphatic heterocycles. The van der Waals surface area contributed by atoms with Gasteiger partial charge in [-0.3, -0.25) is 0 Å². The topological polar surface area (TPSA) is 30.5 Å². The van der Waals surface area contributed by atoms with E-state index in [1.165, 1.54) is 19.6 Å². The third-order valence-electron chi connectivity index (χ3n) is 3.35. The molecule has 0 spiro atoms. The average Bonchev–Trinajstić information content (AvgIpc) is 2.89. The first-order chi connectivity index (χ1) is 8.79. The van der Waals surface area contributed by atoms with Gasteiger partial charge in [0.1, 0.15) is 11.6 Å². The first-order valence-corrected chi connectivity index (χ1v) is 6.40. The predicted octanol–water partition coefficient (Wildman–Crippen LogP) is 2.35. The molecule has 1 saturated heterocycles. The second-order valence-electron chi connectivity index (χ2n) is 4.66. The van der Waals surface area contributed by atoms with Crippen LogP contribution in [0.25, 0.3) is 0 Å². The van der Waals surface area contributed by atoms with Crippen LogP contribution in [0.1, 0.15) is 18.4 Å². The van der Waals surface area contributed by atoms with Crippen molar-refractivity contribution in [1.29, 1.82) is 0 Å². The van der Waals surface area contributed by atoms with Crippen molar-refractivity contribution >= 4 is 0 Å². The Labute approximate surface area is 107 Å². The zero-order chi connectivity index (χ0) is 12.8. The van der Waals surface area contributed by atoms with E-state index in [1.54, 1.807) is 12.1 Å². The Hall–Kier alpha value is -1.13. The second kappa shape index (κ2) is 6.71. The van der Waals surface area contributed by atoms with Crippen LogP contribution in [0.15, 0.2) is 18.2 Å². The van der Waals surface area contributed by atoms with Crippen LogP contribution >= 0.6 is 0 Å². The Balaban J connectivity index is 1.72. The molecule has 4 heteroatoms. The van der Waals surface area contributed by atoms with E-state index in [0.29, 0.717) is 30.4 Å². The average molecular weight is 253 g/mol. The summed E-state index contributed by atoms with van der Waals surface area (Å²) in [5.74, 6) is 0.982. The lowest BCUT2D eigenvalue weighted by Gasteiger charge is -2.09. The maximum absolute atomic E-state index is 13.6. The molecule has 2 rings (SSSR count). The fourth-order valence-electron chi connectivity index (χ4n) is 2.17. The highest BCUT2D eigenvalue weighted by atomic mass is 19.1. The predicted molar refractivity (Wildman–Crippen MR) is 68.2 cm³/mol. The molecule has 1 aromatic carbocycles. The number of methoxy groups -OCH3 is 1. The molecule has 3 nitrogen and oxygen atoms in total. The van der Waals surface area contributed by atoms with Gasteiger partial charge in [0.15, 0.2) is 0 Å². The largest absolute Gasteiger partial charge is 0.497 e. The molecule has 0 amide bonds. The Kier molecular flexibility index (Phi) is 4.96. The van der Waals surface area contributed by atoms with E-state index in [0.717, 1.165) is 19.5 Å². The Morgan fingerprint density at radius 1 is 1.44 bits per heavy atom. The molecular formula is C14H20FNO2. The summed E-state index contributed by atoms with van der Waals surface area (Å²) in [5, 5.41) is 3.32. The molecule has 1 N–H and O–H groups in total. The molecule has 0 radical (unpaired) electrons. The summed E-state index contributed by atoms with van der Waals surface area (Å²) in [5.41, 5.74) is 0.584. The minimum absolute atomic E-state index is 0.267. The molecule has 0 aliphatic carbocycles. The third kappa shape index (κ3) is 3.68. The van der Waals surface area contributed by atoms with Crippen molar-refractivity contribution in [2.75, 3.05) is 26.8 Å². The molecule has 1 atom stereocenters. The zero-order valence-electron chi connectivity index (χ0n) is 10.7. The fraction of sp³-hybridized carbons (Fsp3) is 0.571. The van der Waals surface area contributed by atoms with Crippen LogP contribution < -0.4 is 10.1 Å². The van der Waals surface area contributed by atoms with Crippen LogP contribution in [0.5, 0.6) is 5.75 Å². The van der Waals surface area contributed by atoms with E-state index in [-0.39, 0.29) is 5.82 Å². The van der Waals surface area contributed by atoms with E-state index in [1.807, 2.05) is 0 Å². The number of benzene rings is 1. The van der Waals surface area contributed by atoms with Gasteiger partial charge in [-0.1, -0.05) is 6.07 Å². The summed E-state index contributed by atoms with van der Waals surface area (Å²) in [6.45, 7) is 3.21. The van der Waals surface area contributed by atoms with Gasteiger partial charge < -0.3 is 14.8 Å². The second-order valence-corrected chi connectivity index (χ2v) is 4.66. The van der Waals surface area contributed by atoms with E-state index in [2.05, 4.69) is 5.32 Å². The lowest BCUT2D eigenvalue weighted by molar-refractivity contribution is 0.107. The van der Waals surface area contributed by atoms with Crippen molar-refractivity contribution in [1.82, 2.24) is 5.32 Å². The van der Waals surface area contributed by atoms with Crippen LogP contribution in [-0.2, 0) is 11.3 Å². The van der Waals surface area contributed by atoms with E-state index in [9.17, 15) is 4.39 Å². The smallest absolute Gasteiger partial charge is 0.132 e. The standard InChI is InChI=1S/C14H20FNO2/c1-17-13-3-2-12(14(15)8-13)10-18-7-5-11-4-6-16-9-11/h2-3,8,11,16H,4-7,9-10H2,1H3. The van der Waals surface area contributed by atoms with Gasteiger partial charge in [0.2, 0.25) is 0 Å². The van der Waals surface area contributed by atoms with E-state index >= 15 is 0 Å². The highest BCUT2D eigenvalue weighted by molar-refractivity contribution is 5.28. The number of hydrogen-bond donors (Lipinski definition) is 1. The number of nitrogens with one attached hydrogen (secondary N) is 1. The normalized spacial score (nSPS) is 19.1. The molecule has 0 saturated carbocycles. The summed E-state index contributed by atoms with van der Waals surface area (Å²) in [6.07, 6.45) is 2.27. The molecule has 1 heterocycles. The van der Waals surface area contributed by atoms with Crippen molar-refractivity contribution in [3.63, 3.8) is 0 Å². The molecule has 18 heavy (non-hydrogen) atoms. The SMILES string of the molecule is COc1ccc(COCCC2CCNC2)c(F)c1. The molecule has 100 valence electrons. The summed E-state index contributed by atoms with van der Waals surface area (Å²) < 4.78 is 24.1. The minimum atomic E-state index is -0.267. The third-order valence-corrected chi connectivity index (χ3v) is 3.35. The Bertz CT molecular complexity index is 378. The van der Waals surface area contributed by atoms with Gasteiger partial charge in [0.05, 0.1) is 13.7 Å². The van der Waals surface area contributed by atoms with Crippen LogP contribution in [0.3, 0.4) is 0 Å². The number of rotatable bonds is 6. The molecular weight excluding hydrogens is 233 g/mol. The van der Waals surface area contributed by atoms with E-state index < -0.39 is 0 Å². The van der Waals surface area contributed by atoms with Gasteiger partial charge >= 0.3 is 0 Å². The fourth-order valence-corrected chi connectivity index (χ4v) is 2.17. The Morgan fingerprint density at radius 2 is 2.33 bits per heavy atom. The number of ether oxygens (including phenoxy) is 2. The van der Waals surface area contributed by atoms with Gasteiger partial charge in [-0.05, 0) is 37.9 Å². The molecule has 1 aliphatic rings. The minimum Gasteiger partial charge on any atom is -0.497 e. The van der Waals surface area contributed by atoms with Gasteiger partial charge in [-0.25, -0.2) is 4.39 Å². The van der Waals surface area contributed by atoms with Gasteiger partial charge in [0, 0.05) is 18.2 Å². The van der Waals surface area contributed by atoms with Gasteiger partial charge in [-0.2, -0.15) is 0 Å². The summed E-state index contributed by atoms with van der Waals surface area (Å²) in [6, 6.07) is 4.85. The van der Waals surface area contributed by atoms with Crippen molar-refractivity contribution in [3.8, 4) is 5.75 Å². The van der Waals surface area contributed by atoms with Crippen LogP contribution in [0, 0.1) is 11.7 Å². The van der Waals surface area contributed by atoms with Crippen molar-refractivity contribution in [3.05, 3.63) is 29.6 Å². The Morgan fingerprint density at radius 3 is 3.00 bits per heavy atom. The monoisotopic (exact) mass is 253 g/mol. The van der Waals surface area contributed by atoms with Crippen molar-refractivity contribution in [2.24, 2.45) is 5.92 Å². The highest BCUT2D eigenvalue weighted by Crippen LogP contribution is 2.17. The first-order valence-electron chi connectivity index (χ1n) is 6.40. The zero-order valence-corrected chi connectivity index (χ0v) is 10.7. The van der Waals surface area contributed by atoms with Crippen molar-refractivity contribution < 1.29 is 13.9 Å². The van der Waals surface area contributed by atoms with Crippen LogP contribution in [0.4, 0.5) is 4.39 Å². The molecule has 0 bridgehead atoms. The maximum atomic E-state index is 13.6. The summed E-state index contributed by atoms with van der Waals surface area (Å²) >= 11 is 0. The molecule has 0 aromatic heterocycles. The molecule has 1 fully saturated rings. The van der Waals surface area contributed by atoms with Gasteiger partial charge in [-0.15, -0.1) is 0 Å². The van der Waals surface area contributed by atoms with Crippen molar-refractivity contribution in [2.45, 2.75) is 19.4 Å². The summed E-state index contributed by atoms with van der Waals surface area (Å²) in [4.78, 5) is 0. The first kappa shape index (κ1) is 13.3. The number of hydrogen-bond acceptors (Lipinski definition) is 3. The quantitative estimate of drug-likeness (QED) is 0.789. The summed E-state index contributed by atoms with van der Waals surface area (Å²) in [7, 11) is 1.53. The highest BCUT2D eigenvalue weighted by Gasteiger charge is 2.13. The van der Waals surface area contributed by atoms with Crippen LogP contribution in [0.2, 0.25) is 0 Å². The van der Waals surface area contributed by atoms with Crippen LogP contribution in [-0.4, -0.2) is 26.8 Å². The van der Waals surface area contributed by atoms with Gasteiger partial charge in [0.25, 0.3) is 0 Å². The molecule has 1 unspecified atom stereocenters. The maximum Gasteiger partial charge on any atom is 0.132 e. The lowest BCUT2D eigenvalue weighted by Crippen LogP contribution is -2.11.